The number of hydrogen-bond donors (Lipinski definition) is 1. The standard InChI is InChI=1S/C16H23NO4/c1-11(2)12-7-6-8-13(9-12)21-10-14(18)17(5)16(3,4)15(19)20/h6-9,11H,10H2,1-5H3,(H,19,20). The Balaban J connectivity index is 2.69. The van der Waals surface area contributed by atoms with Gasteiger partial charge in [0.1, 0.15) is 11.3 Å². The van der Waals surface area contributed by atoms with Gasteiger partial charge in [0.15, 0.2) is 6.61 Å². The smallest absolute Gasteiger partial charge is 0.329 e. The van der Waals surface area contributed by atoms with Crippen molar-refractivity contribution < 1.29 is 19.4 Å². The Bertz CT molecular complexity index is 523. The highest BCUT2D eigenvalue weighted by Crippen LogP contribution is 2.20. The molecule has 0 fully saturated rings. The fourth-order valence-corrected chi connectivity index (χ4v) is 1.66. The molecule has 116 valence electrons. The molecular weight excluding hydrogens is 270 g/mol. The zero-order valence-electron chi connectivity index (χ0n) is 13.2. The van der Waals surface area contributed by atoms with Crippen LogP contribution in [0, 0.1) is 0 Å². The fourth-order valence-electron chi connectivity index (χ4n) is 1.66. The highest BCUT2D eigenvalue weighted by atomic mass is 16.5. The van der Waals surface area contributed by atoms with Crippen LogP contribution in [0.2, 0.25) is 0 Å². The van der Waals surface area contributed by atoms with Crippen molar-refractivity contribution in [3.63, 3.8) is 0 Å². The average molecular weight is 293 g/mol. The van der Waals surface area contributed by atoms with Gasteiger partial charge in [-0.1, -0.05) is 26.0 Å². The Hall–Kier alpha value is -2.04. The first kappa shape index (κ1) is 17.0. The van der Waals surface area contributed by atoms with E-state index in [4.69, 9.17) is 9.84 Å². The lowest BCUT2D eigenvalue weighted by atomic mass is 10.0. The summed E-state index contributed by atoms with van der Waals surface area (Å²) >= 11 is 0. The van der Waals surface area contributed by atoms with Crippen molar-refractivity contribution in [3.8, 4) is 5.75 Å². The second-order valence-electron chi connectivity index (χ2n) is 5.83. The lowest BCUT2D eigenvalue weighted by Gasteiger charge is -2.31. The maximum absolute atomic E-state index is 12.0. The van der Waals surface area contributed by atoms with Crippen LogP contribution in [-0.4, -0.2) is 41.1 Å². The number of carboxylic acids is 1. The van der Waals surface area contributed by atoms with E-state index in [1.165, 1.54) is 25.8 Å². The van der Waals surface area contributed by atoms with E-state index in [2.05, 4.69) is 13.8 Å². The molecule has 0 aliphatic carbocycles. The highest BCUT2D eigenvalue weighted by Gasteiger charge is 2.35. The molecule has 0 atom stereocenters. The van der Waals surface area contributed by atoms with Crippen molar-refractivity contribution in [2.75, 3.05) is 13.7 Å². The van der Waals surface area contributed by atoms with Crippen molar-refractivity contribution in [2.24, 2.45) is 0 Å². The van der Waals surface area contributed by atoms with Crippen LogP contribution in [0.15, 0.2) is 24.3 Å². The van der Waals surface area contributed by atoms with Gasteiger partial charge >= 0.3 is 5.97 Å². The third-order valence-electron chi connectivity index (χ3n) is 3.62. The average Bonchev–Trinajstić information content (AvgIpc) is 2.43. The van der Waals surface area contributed by atoms with E-state index < -0.39 is 11.5 Å². The van der Waals surface area contributed by atoms with Crippen molar-refractivity contribution in [3.05, 3.63) is 29.8 Å². The highest BCUT2D eigenvalue weighted by molar-refractivity contribution is 5.86. The number of amides is 1. The lowest BCUT2D eigenvalue weighted by Crippen LogP contribution is -2.52. The summed E-state index contributed by atoms with van der Waals surface area (Å²) in [5, 5.41) is 9.11. The SMILES string of the molecule is CC(C)c1cccc(OCC(=O)N(C)C(C)(C)C(=O)O)c1. The number of benzene rings is 1. The van der Waals surface area contributed by atoms with Crippen LogP contribution in [-0.2, 0) is 9.59 Å². The topological polar surface area (TPSA) is 66.8 Å². The Morgan fingerprint density at radius 1 is 1.33 bits per heavy atom. The minimum atomic E-state index is -1.26. The van der Waals surface area contributed by atoms with E-state index in [0.29, 0.717) is 11.7 Å². The van der Waals surface area contributed by atoms with Crippen molar-refractivity contribution >= 4 is 11.9 Å². The molecule has 5 nitrogen and oxygen atoms in total. The third-order valence-corrected chi connectivity index (χ3v) is 3.62. The maximum Gasteiger partial charge on any atom is 0.329 e. The van der Waals surface area contributed by atoms with E-state index in [1.54, 1.807) is 6.07 Å². The van der Waals surface area contributed by atoms with Crippen molar-refractivity contribution in [2.45, 2.75) is 39.2 Å². The van der Waals surface area contributed by atoms with E-state index in [-0.39, 0.29) is 12.5 Å². The monoisotopic (exact) mass is 293 g/mol. The molecule has 0 aliphatic rings. The van der Waals surface area contributed by atoms with Gasteiger partial charge in [0.2, 0.25) is 0 Å². The van der Waals surface area contributed by atoms with Crippen molar-refractivity contribution in [1.29, 1.82) is 0 Å². The molecule has 0 spiro atoms. The van der Waals surface area contributed by atoms with Gasteiger partial charge in [0.25, 0.3) is 5.91 Å². The summed E-state index contributed by atoms with van der Waals surface area (Å²) in [4.78, 5) is 24.3. The normalized spacial score (nSPS) is 11.3. The number of aliphatic carboxylic acids is 1. The molecule has 1 aromatic carbocycles. The van der Waals surface area contributed by atoms with E-state index in [1.807, 2.05) is 18.2 Å². The molecule has 0 aromatic heterocycles. The second kappa shape index (κ2) is 6.61. The largest absolute Gasteiger partial charge is 0.484 e. The van der Waals surface area contributed by atoms with Gasteiger partial charge in [-0.05, 0) is 37.5 Å². The number of nitrogens with zero attached hydrogens (tertiary/aromatic N) is 1. The lowest BCUT2D eigenvalue weighted by molar-refractivity contribution is -0.156. The first-order chi connectivity index (χ1) is 9.66. The summed E-state index contributed by atoms with van der Waals surface area (Å²) in [6, 6.07) is 7.54. The van der Waals surface area contributed by atoms with Crippen LogP contribution in [0.4, 0.5) is 0 Å². The van der Waals surface area contributed by atoms with Gasteiger partial charge in [-0.25, -0.2) is 4.79 Å². The molecular formula is C16H23NO4. The van der Waals surface area contributed by atoms with Crippen LogP contribution in [0.3, 0.4) is 0 Å². The summed E-state index contributed by atoms with van der Waals surface area (Å²) in [5.74, 6) is -0.452. The maximum atomic E-state index is 12.0. The molecule has 1 amide bonds. The molecule has 0 unspecified atom stereocenters. The fraction of sp³-hybridized carbons (Fsp3) is 0.500. The summed E-state index contributed by atoms with van der Waals surface area (Å²) in [7, 11) is 1.46. The number of carboxylic acid groups (broad SMARTS) is 1. The van der Waals surface area contributed by atoms with Gasteiger partial charge in [0.05, 0.1) is 0 Å². The Kier molecular flexibility index (Phi) is 5.35. The van der Waals surface area contributed by atoms with E-state index >= 15 is 0 Å². The minimum absolute atomic E-state index is 0.186. The van der Waals surface area contributed by atoms with Crippen LogP contribution in [0.1, 0.15) is 39.2 Å². The molecule has 21 heavy (non-hydrogen) atoms. The predicted molar refractivity (Wildman–Crippen MR) is 80.5 cm³/mol. The third kappa shape index (κ3) is 4.21. The zero-order valence-corrected chi connectivity index (χ0v) is 13.2. The Morgan fingerprint density at radius 2 is 1.95 bits per heavy atom. The first-order valence-electron chi connectivity index (χ1n) is 6.89. The van der Waals surface area contributed by atoms with Gasteiger partial charge in [-0.2, -0.15) is 0 Å². The number of rotatable bonds is 6. The number of carbonyl (C=O) groups is 2. The van der Waals surface area contributed by atoms with Crippen LogP contribution < -0.4 is 4.74 Å². The van der Waals surface area contributed by atoms with Crippen LogP contribution in [0.25, 0.3) is 0 Å². The summed E-state index contributed by atoms with van der Waals surface area (Å²) < 4.78 is 5.47. The summed E-state index contributed by atoms with van der Waals surface area (Å²) in [6.07, 6.45) is 0. The van der Waals surface area contributed by atoms with Gasteiger partial charge in [0, 0.05) is 7.05 Å². The molecule has 1 N–H and O–H groups in total. The summed E-state index contributed by atoms with van der Waals surface area (Å²) in [6.45, 7) is 6.93. The quantitative estimate of drug-likeness (QED) is 0.875. The predicted octanol–water partition coefficient (Wildman–Crippen LogP) is 2.51. The van der Waals surface area contributed by atoms with Gasteiger partial charge < -0.3 is 14.7 Å². The molecule has 1 rings (SSSR count). The molecule has 0 radical (unpaired) electrons. The van der Waals surface area contributed by atoms with Gasteiger partial charge in [-0.3, -0.25) is 4.79 Å². The molecule has 5 heteroatoms. The number of carbonyl (C=O) groups excluding carboxylic acids is 1. The van der Waals surface area contributed by atoms with Crippen LogP contribution in [0.5, 0.6) is 5.75 Å². The van der Waals surface area contributed by atoms with E-state index in [9.17, 15) is 9.59 Å². The molecule has 0 saturated carbocycles. The first-order valence-corrected chi connectivity index (χ1v) is 6.89. The van der Waals surface area contributed by atoms with E-state index in [0.717, 1.165) is 5.56 Å². The zero-order chi connectivity index (χ0) is 16.2. The molecule has 0 heterocycles. The van der Waals surface area contributed by atoms with Crippen LogP contribution >= 0.6 is 0 Å². The second-order valence-corrected chi connectivity index (χ2v) is 5.83. The molecule has 0 saturated heterocycles. The van der Waals surface area contributed by atoms with Crippen molar-refractivity contribution in [1.82, 2.24) is 4.90 Å². The Labute approximate surface area is 125 Å². The molecule has 0 aliphatic heterocycles. The van der Waals surface area contributed by atoms with Gasteiger partial charge in [-0.15, -0.1) is 0 Å². The number of hydrogen-bond acceptors (Lipinski definition) is 3. The summed E-state index contributed by atoms with van der Waals surface area (Å²) in [5.41, 5.74) is -0.139. The molecule has 1 aromatic rings. The number of ether oxygens (including phenoxy) is 1. The molecule has 0 bridgehead atoms. The number of likely N-dealkylation sites (N-methyl/N-ethyl adjacent to an activating group) is 1. The Morgan fingerprint density at radius 3 is 2.48 bits per heavy atom. The minimum Gasteiger partial charge on any atom is -0.484 e.